The summed E-state index contributed by atoms with van der Waals surface area (Å²) in [7, 11) is -3.75. The summed E-state index contributed by atoms with van der Waals surface area (Å²) in [5.74, 6) is -0.612. The second-order valence-electron chi connectivity index (χ2n) is 3.69. The molecule has 3 N–H and O–H groups in total. The van der Waals surface area contributed by atoms with E-state index in [0.717, 1.165) is 28.3 Å². The van der Waals surface area contributed by atoms with Crippen LogP contribution in [-0.4, -0.2) is 8.42 Å². The molecular formula is C11H10ClFN2O2S2. The molecule has 4 nitrogen and oxygen atoms in total. The average molecular weight is 321 g/mol. The number of sulfonamides is 1. The molecule has 0 aliphatic rings. The van der Waals surface area contributed by atoms with Crippen LogP contribution >= 0.6 is 22.9 Å². The Hall–Kier alpha value is -1.15. The Kier molecular flexibility index (Phi) is 4.10. The molecule has 0 aliphatic carbocycles. The van der Waals surface area contributed by atoms with E-state index in [-0.39, 0.29) is 21.5 Å². The first-order valence-corrected chi connectivity index (χ1v) is 7.86. The molecule has 1 aromatic heterocycles. The van der Waals surface area contributed by atoms with Crippen LogP contribution in [0.2, 0.25) is 5.02 Å². The fraction of sp³-hybridized carbons (Fsp3) is 0.0909. The van der Waals surface area contributed by atoms with E-state index in [1.165, 1.54) is 12.1 Å². The topological polar surface area (TPSA) is 72.2 Å². The number of anilines is 1. The highest BCUT2D eigenvalue weighted by atomic mass is 35.5. The Morgan fingerprint density at radius 1 is 1.32 bits per heavy atom. The lowest BCUT2D eigenvalue weighted by Gasteiger charge is -2.06. The number of hydrogen-bond donors (Lipinski definition) is 2. The van der Waals surface area contributed by atoms with Crippen molar-refractivity contribution >= 4 is 38.6 Å². The molecule has 0 amide bonds. The zero-order valence-electron chi connectivity index (χ0n) is 9.56. The van der Waals surface area contributed by atoms with Crippen LogP contribution in [0.15, 0.2) is 34.5 Å². The van der Waals surface area contributed by atoms with Crippen molar-refractivity contribution in [1.29, 1.82) is 0 Å². The summed E-state index contributed by atoms with van der Waals surface area (Å²) in [6.45, 7) is 0.270. The largest absolute Gasteiger partial charge is 0.326 e. The van der Waals surface area contributed by atoms with E-state index in [0.29, 0.717) is 0 Å². The summed E-state index contributed by atoms with van der Waals surface area (Å²) in [5.41, 5.74) is 5.50. The first-order valence-electron chi connectivity index (χ1n) is 5.18. The monoisotopic (exact) mass is 320 g/mol. The van der Waals surface area contributed by atoms with Gasteiger partial charge in [-0.15, -0.1) is 11.3 Å². The minimum atomic E-state index is -3.75. The molecule has 0 atom stereocenters. The fourth-order valence-electron chi connectivity index (χ4n) is 1.43. The van der Waals surface area contributed by atoms with Crippen molar-refractivity contribution in [3.63, 3.8) is 0 Å². The van der Waals surface area contributed by atoms with Crippen LogP contribution in [-0.2, 0) is 16.6 Å². The van der Waals surface area contributed by atoms with E-state index in [1.54, 1.807) is 6.07 Å². The van der Waals surface area contributed by atoms with E-state index in [4.69, 9.17) is 17.3 Å². The molecule has 0 saturated carbocycles. The van der Waals surface area contributed by atoms with Gasteiger partial charge in [0.05, 0.1) is 5.69 Å². The molecule has 0 unspecified atom stereocenters. The van der Waals surface area contributed by atoms with Gasteiger partial charge in [-0.2, -0.15) is 0 Å². The van der Waals surface area contributed by atoms with Crippen molar-refractivity contribution in [3.05, 3.63) is 46.0 Å². The van der Waals surface area contributed by atoms with Crippen LogP contribution < -0.4 is 10.5 Å². The minimum absolute atomic E-state index is 0.0766. The third-order valence-electron chi connectivity index (χ3n) is 2.22. The minimum Gasteiger partial charge on any atom is -0.326 e. The summed E-state index contributed by atoms with van der Waals surface area (Å²) in [6.07, 6.45) is 0. The van der Waals surface area contributed by atoms with Crippen LogP contribution in [0.5, 0.6) is 0 Å². The highest BCUT2D eigenvalue weighted by Gasteiger charge is 2.17. The van der Waals surface area contributed by atoms with Gasteiger partial charge in [-0.3, -0.25) is 4.72 Å². The van der Waals surface area contributed by atoms with Gasteiger partial charge in [0.1, 0.15) is 10.0 Å². The van der Waals surface area contributed by atoms with Gasteiger partial charge in [0.15, 0.2) is 0 Å². The number of nitrogens with one attached hydrogen (secondary N) is 1. The SMILES string of the molecule is NCc1ccc(S(=O)(=O)Nc2cc(F)cc(Cl)c2)s1. The second-order valence-corrected chi connectivity index (χ2v) is 7.20. The second kappa shape index (κ2) is 5.46. The molecule has 2 aromatic rings. The first-order chi connectivity index (χ1) is 8.90. The van der Waals surface area contributed by atoms with Gasteiger partial charge in [-0.05, 0) is 30.3 Å². The van der Waals surface area contributed by atoms with Crippen LogP contribution in [0.4, 0.5) is 10.1 Å². The number of hydrogen-bond acceptors (Lipinski definition) is 4. The molecular weight excluding hydrogens is 311 g/mol. The van der Waals surface area contributed by atoms with Crippen molar-refractivity contribution < 1.29 is 12.8 Å². The van der Waals surface area contributed by atoms with Crippen LogP contribution in [0.25, 0.3) is 0 Å². The number of thiophene rings is 1. The van der Waals surface area contributed by atoms with E-state index >= 15 is 0 Å². The van der Waals surface area contributed by atoms with Crippen LogP contribution in [0.3, 0.4) is 0 Å². The van der Waals surface area contributed by atoms with Gasteiger partial charge >= 0.3 is 0 Å². The number of nitrogens with two attached hydrogens (primary N) is 1. The van der Waals surface area contributed by atoms with Crippen molar-refractivity contribution in [2.75, 3.05) is 4.72 Å². The Labute approximate surface area is 119 Å². The molecule has 0 bridgehead atoms. The number of halogens is 2. The molecule has 2 rings (SSSR count). The molecule has 1 aromatic carbocycles. The van der Waals surface area contributed by atoms with Crippen LogP contribution in [0.1, 0.15) is 4.88 Å². The predicted molar refractivity (Wildman–Crippen MR) is 74.4 cm³/mol. The van der Waals surface area contributed by atoms with Crippen molar-refractivity contribution in [2.45, 2.75) is 10.8 Å². The summed E-state index contributed by atoms with van der Waals surface area (Å²) < 4.78 is 39.6. The zero-order valence-corrected chi connectivity index (χ0v) is 11.9. The molecule has 0 saturated heterocycles. The van der Waals surface area contributed by atoms with E-state index in [9.17, 15) is 12.8 Å². The predicted octanol–water partition coefficient (Wildman–Crippen LogP) is 2.80. The maximum Gasteiger partial charge on any atom is 0.271 e. The standard InChI is InChI=1S/C11H10ClFN2O2S2/c12-7-3-8(13)5-9(4-7)15-19(16,17)11-2-1-10(6-14)18-11/h1-5,15H,6,14H2. The summed E-state index contributed by atoms with van der Waals surface area (Å²) in [5, 5.41) is 0.117. The lowest BCUT2D eigenvalue weighted by atomic mass is 10.3. The van der Waals surface area contributed by atoms with Gasteiger partial charge in [-0.25, -0.2) is 12.8 Å². The third-order valence-corrected chi connectivity index (χ3v) is 5.42. The molecule has 19 heavy (non-hydrogen) atoms. The van der Waals surface area contributed by atoms with Crippen molar-refractivity contribution in [1.82, 2.24) is 0 Å². The summed E-state index contributed by atoms with van der Waals surface area (Å²) >= 11 is 6.73. The molecule has 102 valence electrons. The van der Waals surface area contributed by atoms with Gasteiger partial charge in [0, 0.05) is 16.4 Å². The Bertz CT molecular complexity index is 680. The van der Waals surface area contributed by atoms with Gasteiger partial charge in [0.2, 0.25) is 0 Å². The average Bonchev–Trinajstić information content (AvgIpc) is 2.75. The Morgan fingerprint density at radius 2 is 2.05 bits per heavy atom. The zero-order chi connectivity index (χ0) is 14.0. The fourth-order valence-corrected chi connectivity index (χ4v) is 3.93. The maximum absolute atomic E-state index is 13.1. The van der Waals surface area contributed by atoms with Gasteiger partial charge in [0.25, 0.3) is 10.0 Å². The maximum atomic E-state index is 13.1. The summed E-state index contributed by atoms with van der Waals surface area (Å²) in [6, 6.07) is 6.57. The van der Waals surface area contributed by atoms with Gasteiger partial charge in [-0.1, -0.05) is 11.6 Å². The molecule has 0 radical (unpaired) electrons. The third kappa shape index (κ3) is 3.44. The normalized spacial score (nSPS) is 11.5. The quantitative estimate of drug-likeness (QED) is 0.910. The van der Waals surface area contributed by atoms with E-state index in [2.05, 4.69) is 4.72 Å². The highest BCUT2D eigenvalue weighted by Crippen LogP contribution is 2.25. The molecule has 1 heterocycles. The molecule has 0 aliphatic heterocycles. The Balaban J connectivity index is 2.30. The lowest BCUT2D eigenvalue weighted by Crippen LogP contribution is -2.11. The van der Waals surface area contributed by atoms with Gasteiger partial charge < -0.3 is 5.73 Å². The van der Waals surface area contributed by atoms with Crippen molar-refractivity contribution in [3.8, 4) is 0 Å². The molecule has 8 heteroatoms. The molecule has 0 fully saturated rings. The molecule has 0 spiro atoms. The number of benzene rings is 1. The van der Waals surface area contributed by atoms with Crippen molar-refractivity contribution in [2.24, 2.45) is 5.73 Å². The van der Waals surface area contributed by atoms with E-state index < -0.39 is 15.8 Å². The van der Waals surface area contributed by atoms with E-state index in [1.807, 2.05) is 0 Å². The van der Waals surface area contributed by atoms with Crippen LogP contribution in [0, 0.1) is 5.82 Å². The highest BCUT2D eigenvalue weighted by molar-refractivity contribution is 7.94. The smallest absolute Gasteiger partial charge is 0.271 e. The number of rotatable bonds is 4. The Morgan fingerprint density at radius 3 is 2.63 bits per heavy atom. The lowest BCUT2D eigenvalue weighted by molar-refractivity contribution is 0.603. The first kappa shape index (κ1) is 14.3. The summed E-state index contributed by atoms with van der Waals surface area (Å²) in [4.78, 5) is 0.748.